The Morgan fingerprint density at radius 2 is 1.97 bits per heavy atom. The highest BCUT2D eigenvalue weighted by molar-refractivity contribution is 5.99. The van der Waals surface area contributed by atoms with Gasteiger partial charge >= 0.3 is 6.01 Å². The van der Waals surface area contributed by atoms with Crippen molar-refractivity contribution < 1.29 is 22.7 Å². The number of hydrogen-bond acceptors (Lipinski definition) is 6. The number of fused-ring (bicyclic) bond motifs is 2. The molecule has 190 valence electrons. The molecule has 0 radical (unpaired) electrons. The van der Waals surface area contributed by atoms with Crippen LogP contribution in [0.25, 0.3) is 32.9 Å². The second kappa shape index (κ2) is 9.34. The van der Waals surface area contributed by atoms with Crippen molar-refractivity contribution in [1.29, 1.82) is 0 Å². The largest absolute Gasteiger partial charge is 0.467 e. The van der Waals surface area contributed by atoms with E-state index in [4.69, 9.17) is 4.74 Å². The van der Waals surface area contributed by atoms with Crippen LogP contribution in [0.2, 0.25) is 0 Å². The topological polar surface area (TPSA) is 71.5 Å². The van der Waals surface area contributed by atoms with Crippen LogP contribution in [0, 0.1) is 17.5 Å². The van der Waals surface area contributed by atoms with Crippen LogP contribution in [0.4, 0.5) is 19.0 Å². The molecule has 4 aromatic rings. The first-order chi connectivity index (χ1) is 17.8. The van der Waals surface area contributed by atoms with Gasteiger partial charge in [0.2, 0.25) is 5.91 Å². The molecule has 0 aliphatic carbocycles. The molecule has 1 amide bonds. The molecule has 2 unspecified atom stereocenters. The van der Waals surface area contributed by atoms with Gasteiger partial charge in [0.1, 0.15) is 17.0 Å². The summed E-state index contributed by atoms with van der Waals surface area (Å²) in [6.45, 7) is 6.04. The molecule has 5 rings (SSSR count). The molecule has 2 aromatic heterocycles. The van der Waals surface area contributed by atoms with Gasteiger partial charge in [-0.15, -0.1) is 0 Å². The van der Waals surface area contributed by atoms with E-state index in [2.05, 4.69) is 21.5 Å². The van der Waals surface area contributed by atoms with E-state index in [9.17, 15) is 13.6 Å². The van der Waals surface area contributed by atoms with Crippen LogP contribution < -0.4 is 9.64 Å². The molecule has 0 bridgehead atoms. The molecule has 3 heterocycles. The number of nitrogens with zero attached hydrogens (tertiary/aromatic N) is 5. The first-order valence-corrected chi connectivity index (χ1v) is 11.7. The Kier molecular flexibility index (Phi) is 6.18. The fourth-order valence-corrected chi connectivity index (χ4v) is 5.10. The number of pyridine rings is 1. The number of aromatic nitrogens is 3. The minimum Gasteiger partial charge on any atom is -0.467 e. The number of carbonyl (C=O) groups excluding carboxylic acids is 1. The summed E-state index contributed by atoms with van der Waals surface area (Å²) in [4.78, 5) is 28.8. The lowest BCUT2D eigenvalue weighted by Crippen LogP contribution is -2.43. The van der Waals surface area contributed by atoms with Crippen molar-refractivity contribution >= 4 is 33.4 Å². The van der Waals surface area contributed by atoms with Gasteiger partial charge in [-0.05, 0) is 30.9 Å². The zero-order chi connectivity index (χ0) is 26.4. The summed E-state index contributed by atoms with van der Waals surface area (Å²) in [7, 11) is 3.18. The van der Waals surface area contributed by atoms with Crippen LogP contribution in [-0.4, -0.2) is 58.5 Å². The third kappa shape index (κ3) is 3.92. The third-order valence-corrected chi connectivity index (χ3v) is 7.02. The predicted molar refractivity (Wildman–Crippen MR) is 135 cm³/mol. The van der Waals surface area contributed by atoms with E-state index in [0.717, 1.165) is 6.07 Å². The number of hydrogen-bond donors (Lipinski definition) is 0. The van der Waals surface area contributed by atoms with E-state index in [1.165, 1.54) is 31.5 Å². The molecule has 1 saturated heterocycles. The molecule has 37 heavy (non-hydrogen) atoms. The number of carbonyl (C=O) groups is 1. The summed E-state index contributed by atoms with van der Waals surface area (Å²) >= 11 is 0. The summed E-state index contributed by atoms with van der Waals surface area (Å²) in [6.07, 6.45) is 3.37. The lowest BCUT2D eigenvalue weighted by atomic mass is 10.00. The molecule has 0 spiro atoms. The molecule has 2 aromatic carbocycles. The molecule has 0 saturated carbocycles. The van der Waals surface area contributed by atoms with Gasteiger partial charge in [0.15, 0.2) is 17.5 Å². The van der Waals surface area contributed by atoms with Gasteiger partial charge in [-0.1, -0.05) is 30.8 Å². The van der Waals surface area contributed by atoms with Crippen molar-refractivity contribution in [3.8, 4) is 17.3 Å². The smallest absolute Gasteiger partial charge is 0.318 e. The number of anilines is 1. The van der Waals surface area contributed by atoms with Crippen LogP contribution in [0.5, 0.6) is 6.01 Å². The van der Waals surface area contributed by atoms with Gasteiger partial charge in [-0.25, -0.2) is 13.2 Å². The lowest BCUT2D eigenvalue weighted by Gasteiger charge is -2.31. The van der Waals surface area contributed by atoms with E-state index >= 15 is 4.39 Å². The molecule has 0 N–H and O–H groups in total. The maximum atomic E-state index is 16.0. The summed E-state index contributed by atoms with van der Waals surface area (Å²) in [5, 5.41) is 0.655. The minimum absolute atomic E-state index is 0.0646. The standard InChI is InChI=1S/C27H24F3N5O2/c1-5-20(36)35-12-11-19(14(35)2)34(3)26-17-13-31-24(23(30)25(17)32-27(33-26)37-4)16-8-6-7-15-9-10-18(28)22(29)21(15)16/h5-10,13-14,19H,1,11-12H2,2-4H3. The van der Waals surface area contributed by atoms with Gasteiger partial charge in [-0.3, -0.25) is 9.78 Å². The van der Waals surface area contributed by atoms with Crippen molar-refractivity contribution in [3.05, 3.63) is 66.6 Å². The van der Waals surface area contributed by atoms with Crippen LogP contribution >= 0.6 is 0 Å². The maximum Gasteiger partial charge on any atom is 0.318 e. The fraction of sp³-hybridized carbons (Fsp3) is 0.259. The van der Waals surface area contributed by atoms with E-state index in [0.29, 0.717) is 29.6 Å². The fourth-order valence-electron chi connectivity index (χ4n) is 5.10. The van der Waals surface area contributed by atoms with Gasteiger partial charge < -0.3 is 14.5 Å². The number of likely N-dealkylation sites (tertiary alicyclic amines) is 1. The Hall–Kier alpha value is -4.21. The maximum absolute atomic E-state index is 16.0. The zero-order valence-corrected chi connectivity index (χ0v) is 20.5. The van der Waals surface area contributed by atoms with Crippen molar-refractivity contribution in [1.82, 2.24) is 19.9 Å². The Labute approximate surface area is 211 Å². The minimum atomic E-state index is -1.08. The second-order valence-corrected chi connectivity index (χ2v) is 8.93. The van der Waals surface area contributed by atoms with Crippen LogP contribution in [-0.2, 0) is 4.79 Å². The second-order valence-electron chi connectivity index (χ2n) is 8.93. The Bertz CT molecular complexity index is 1560. The van der Waals surface area contributed by atoms with Crippen molar-refractivity contribution in [2.45, 2.75) is 25.4 Å². The summed E-state index contributed by atoms with van der Waals surface area (Å²) in [5.74, 6) is -2.72. The van der Waals surface area contributed by atoms with E-state index < -0.39 is 17.5 Å². The van der Waals surface area contributed by atoms with Crippen molar-refractivity contribution in [2.75, 3.05) is 25.6 Å². The van der Waals surface area contributed by atoms with E-state index in [1.807, 2.05) is 11.8 Å². The summed E-state index contributed by atoms with van der Waals surface area (Å²) in [5.41, 5.74) is -0.143. The Morgan fingerprint density at radius 3 is 2.70 bits per heavy atom. The first kappa shape index (κ1) is 24.5. The van der Waals surface area contributed by atoms with Gasteiger partial charge in [0.05, 0.1) is 18.5 Å². The highest BCUT2D eigenvalue weighted by atomic mass is 19.2. The summed E-state index contributed by atoms with van der Waals surface area (Å²) < 4.78 is 50.1. The van der Waals surface area contributed by atoms with Crippen molar-refractivity contribution in [2.24, 2.45) is 0 Å². The van der Waals surface area contributed by atoms with Crippen LogP contribution in [0.15, 0.2) is 49.2 Å². The van der Waals surface area contributed by atoms with Crippen molar-refractivity contribution in [3.63, 3.8) is 0 Å². The van der Waals surface area contributed by atoms with Gasteiger partial charge in [0.25, 0.3) is 0 Å². The molecule has 7 nitrogen and oxygen atoms in total. The number of likely N-dealkylation sites (N-methyl/N-ethyl adjacent to an activating group) is 1. The monoisotopic (exact) mass is 507 g/mol. The lowest BCUT2D eigenvalue weighted by molar-refractivity contribution is -0.126. The number of methoxy groups -OCH3 is 1. The van der Waals surface area contributed by atoms with E-state index in [1.54, 1.807) is 24.1 Å². The SMILES string of the molecule is C=CC(=O)N1CCC(N(C)c2nc(OC)nc3c(F)c(-c4cccc5ccc(F)c(F)c45)ncc23)C1C. The number of benzene rings is 2. The molecule has 10 heteroatoms. The number of rotatable bonds is 5. The highest BCUT2D eigenvalue weighted by Gasteiger charge is 2.36. The quantitative estimate of drug-likeness (QED) is 0.359. The zero-order valence-electron chi connectivity index (χ0n) is 20.5. The Balaban J connectivity index is 1.66. The molecular formula is C27H24F3N5O2. The van der Waals surface area contributed by atoms with E-state index in [-0.39, 0.29) is 46.2 Å². The Morgan fingerprint density at radius 1 is 1.19 bits per heavy atom. The molecular weight excluding hydrogens is 483 g/mol. The molecule has 1 aliphatic heterocycles. The van der Waals surface area contributed by atoms with Crippen LogP contribution in [0.1, 0.15) is 13.3 Å². The summed E-state index contributed by atoms with van der Waals surface area (Å²) in [6, 6.07) is 6.84. The average Bonchev–Trinajstić information content (AvgIpc) is 3.30. The van der Waals surface area contributed by atoms with Crippen LogP contribution in [0.3, 0.4) is 0 Å². The predicted octanol–water partition coefficient (Wildman–Crippen LogP) is 4.88. The molecule has 1 aliphatic rings. The number of halogens is 3. The molecule has 1 fully saturated rings. The molecule has 2 atom stereocenters. The van der Waals surface area contributed by atoms with Gasteiger partial charge in [-0.2, -0.15) is 9.97 Å². The number of ether oxygens (including phenoxy) is 1. The first-order valence-electron chi connectivity index (χ1n) is 11.7. The highest BCUT2D eigenvalue weighted by Crippen LogP contribution is 2.37. The average molecular weight is 508 g/mol. The van der Waals surface area contributed by atoms with Gasteiger partial charge in [0, 0.05) is 36.8 Å². The normalized spacial score (nSPS) is 17.4. The third-order valence-electron chi connectivity index (χ3n) is 7.02. The number of amides is 1.